The number of amides is 1. The monoisotopic (exact) mass is 364 g/mol. The maximum absolute atomic E-state index is 12.7. The second kappa shape index (κ2) is 6.78. The zero-order chi connectivity index (χ0) is 19.2. The summed E-state index contributed by atoms with van der Waals surface area (Å²) in [5, 5.41) is 0. The molecular weight excluding hydrogens is 337 g/mol. The number of halogens is 3. The molecule has 5 nitrogen and oxygen atoms in total. The van der Waals surface area contributed by atoms with E-state index >= 15 is 0 Å². The predicted octanol–water partition coefficient (Wildman–Crippen LogP) is 2.48. The molecule has 2 aliphatic heterocycles. The van der Waals surface area contributed by atoms with Crippen molar-refractivity contribution in [2.45, 2.75) is 71.3 Å². The Morgan fingerprint density at radius 3 is 2.32 bits per heavy atom. The molecule has 1 aliphatic carbocycles. The van der Waals surface area contributed by atoms with Crippen LogP contribution in [0.2, 0.25) is 0 Å². The minimum Gasteiger partial charge on any atom is -0.459 e. The second-order valence-electron chi connectivity index (χ2n) is 8.43. The Bertz CT molecular complexity index is 530. The summed E-state index contributed by atoms with van der Waals surface area (Å²) in [6.45, 7) is 7.26. The van der Waals surface area contributed by atoms with Crippen LogP contribution in [0, 0.1) is 17.3 Å². The van der Waals surface area contributed by atoms with Crippen molar-refractivity contribution in [3.8, 4) is 0 Å². The molecule has 1 amide bonds. The molecule has 1 saturated carbocycles. The number of nitrogens with zero attached hydrogens (tertiary/aromatic N) is 1. The number of carbonyl (C=O) groups excluding carboxylic acids is 2. The first-order chi connectivity index (χ1) is 11.3. The summed E-state index contributed by atoms with van der Waals surface area (Å²) in [6.07, 6.45) is -5.49. The number of piperidine rings is 1. The van der Waals surface area contributed by atoms with Crippen LogP contribution in [0.25, 0.3) is 0 Å². The Morgan fingerprint density at radius 1 is 1.20 bits per heavy atom. The van der Waals surface area contributed by atoms with Crippen molar-refractivity contribution in [1.29, 1.82) is 0 Å². The van der Waals surface area contributed by atoms with Crippen molar-refractivity contribution in [2.24, 2.45) is 23.0 Å². The van der Waals surface area contributed by atoms with Crippen LogP contribution in [-0.4, -0.2) is 47.7 Å². The van der Waals surface area contributed by atoms with Crippen molar-refractivity contribution in [1.82, 2.24) is 4.90 Å². The van der Waals surface area contributed by atoms with E-state index in [1.165, 1.54) is 4.90 Å². The van der Waals surface area contributed by atoms with E-state index in [2.05, 4.69) is 0 Å². The highest BCUT2D eigenvalue weighted by molar-refractivity contribution is 5.78. The second-order valence-corrected chi connectivity index (χ2v) is 8.43. The van der Waals surface area contributed by atoms with Gasteiger partial charge in [-0.3, -0.25) is 9.59 Å². The Balaban J connectivity index is 2.29. The van der Waals surface area contributed by atoms with Crippen LogP contribution in [0.1, 0.15) is 47.0 Å². The third kappa shape index (κ3) is 4.65. The molecule has 0 radical (unpaired) electrons. The summed E-state index contributed by atoms with van der Waals surface area (Å²) < 4.78 is 43.7. The molecule has 144 valence electrons. The molecule has 2 heterocycles. The van der Waals surface area contributed by atoms with Crippen molar-refractivity contribution in [3.05, 3.63) is 0 Å². The molecule has 25 heavy (non-hydrogen) atoms. The van der Waals surface area contributed by atoms with E-state index < -0.39 is 48.1 Å². The molecular formula is C17H27F3N2O3. The zero-order valence-electron chi connectivity index (χ0n) is 15.1. The molecule has 2 unspecified atom stereocenters. The number of rotatable bonds is 2. The maximum atomic E-state index is 12.7. The summed E-state index contributed by atoms with van der Waals surface area (Å²) in [7, 11) is 0. The first-order valence-corrected chi connectivity index (χ1v) is 8.62. The van der Waals surface area contributed by atoms with Gasteiger partial charge in [-0.1, -0.05) is 6.92 Å². The molecule has 0 aromatic carbocycles. The molecule has 0 aromatic rings. The van der Waals surface area contributed by atoms with E-state index in [-0.39, 0.29) is 18.4 Å². The van der Waals surface area contributed by atoms with Crippen molar-refractivity contribution >= 4 is 11.9 Å². The lowest BCUT2D eigenvalue weighted by Gasteiger charge is -2.43. The Labute approximate surface area is 146 Å². The zero-order valence-corrected chi connectivity index (χ0v) is 15.1. The van der Waals surface area contributed by atoms with Crippen LogP contribution in [0.5, 0.6) is 0 Å². The quantitative estimate of drug-likeness (QED) is 0.764. The van der Waals surface area contributed by atoms with Gasteiger partial charge in [0.2, 0.25) is 5.91 Å². The van der Waals surface area contributed by atoms with Crippen molar-refractivity contribution in [3.63, 3.8) is 0 Å². The molecule has 3 aliphatic rings. The van der Waals surface area contributed by atoms with E-state index in [9.17, 15) is 22.8 Å². The molecule has 0 spiro atoms. The van der Waals surface area contributed by atoms with Gasteiger partial charge in [0.25, 0.3) is 0 Å². The van der Waals surface area contributed by atoms with Crippen LogP contribution in [-0.2, 0) is 14.3 Å². The van der Waals surface area contributed by atoms with E-state index in [0.29, 0.717) is 12.8 Å². The Morgan fingerprint density at radius 2 is 1.80 bits per heavy atom. The fourth-order valence-electron chi connectivity index (χ4n) is 3.85. The first kappa shape index (κ1) is 20.0. The lowest BCUT2D eigenvalue weighted by atomic mass is 9.89. The lowest BCUT2D eigenvalue weighted by Crippen LogP contribution is -2.61. The van der Waals surface area contributed by atoms with Gasteiger partial charge in [-0.2, -0.15) is 13.2 Å². The normalized spacial score (nSPS) is 33.1. The fraction of sp³-hybridized carbons (Fsp3) is 0.882. The highest BCUT2D eigenvalue weighted by Gasteiger charge is 2.50. The van der Waals surface area contributed by atoms with Crippen LogP contribution >= 0.6 is 0 Å². The number of hydrogen-bond acceptors (Lipinski definition) is 4. The van der Waals surface area contributed by atoms with Gasteiger partial charge in [0, 0.05) is 12.6 Å². The summed E-state index contributed by atoms with van der Waals surface area (Å²) in [5.41, 5.74) is 5.44. The first-order valence-electron chi connectivity index (χ1n) is 8.62. The van der Waals surface area contributed by atoms with Crippen LogP contribution < -0.4 is 5.73 Å². The minimum atomic E-state index is -4.57. The third-order valence-electron chi connectivity index (χ3n) is 4.99. The summed E-state index contributed by atoms with van der Waals surface area (Å²) in [4.78, 5) is 25.8. The van der Waals surface area contributed by atoms with Crippen LogP contribution in [0.4, 0.5) is 13.2 Å². The van der Waals surface area contributed by atoms with Gasteiger partial charge in [0.05, 0.1) is 11.5 Å². The molecule has 2 bridgehead atoms. The molecule has 5 atom stereocenters. The lowest BCUT2D eigenvalue weighted by molar-refractivity contribution is -0.175. The summed E-state index contributed by atoms with van der Waals surface area (Å²) >= 11 is 0. The van der Waals surface area contributed by atoms with E-state index in [1.807, 2.05) is 6.92 Å². The highest BCUT2D eigenvalue weighted by Crippen LogP contribution is 2.39. The number of esters is 1. The summed E-state index contributed by atoms with van der Waals surface area (Å²) in [5.74, 6) is -1.48. The maximum Gasteiger partial charge on any atom is 0.397 e. The fourth-order valence-corrected chi connectivity index (χ4v) is 3.85. The number of ether oxygens (including phenoxy) is 1. The molecule has 0 aromatic heterocycles. The molecule has 8 heteroatoms. The number of hydrogen-bond donors (Lipinski definition) is 1. The average molecular weight is 364 g/mol. The van der Waals surface area contributed by atoms with Crippen molar-refractivity contribution in [2.75, 3.05) is 6.54 Å². The van der Waals surface area contributed by atoms with E-state index in [4.69, 9.17) is 10.5 Å². The van der Waals surface area contributed by atoms with Gasteiger partial charge in [0.1, 0.15) is 12.5 Å². The SMILES string of the molecule is C[C@H]1CC2C[C@@H](N)C([C@H]1OC(=O)C(C)(C)C)N(C(=O)CC(F)(F)F)C2. The van der Waals surface area contributed by atoms with Crippen molar-refractivity contribution < 1.29 is 27.5 Å². The third-order valence-corrected chi connectivity index (χ3v) is 4.99. The van der Waals surface area contributed by atoms with Gasteiger partial charge < -0.3 is 15.4 Å². The number of carbonyl (C=O) groups is 2. The van der Waals surface area contributed by atoms with Crippen LogP contribution in [0.3, 0.4) is 0 Å². The summed E-state index contributed by atoms with van der Waals surface area (Å²) in [6, 6.07) is -1.21. The van der Waals surface area contributed by atoms with Crippen LogP contribution in [0.15, 0.2) is 0 Å². The van der Waals surface area contributed by atoms with E-state index in [0.717, 1.165) is 0 Å². The Kier molecular flexibility index (Phi) is 5.42. The Hall–Kier alpha value is -1.31. The van der Waals surface area contributed by atoms with Gasteiger partial charge >= 0.3 is 12.1 Å². The minimum absolute atomic E-state index is 0.0248. The van der Waals surface area contributed by atoms with E-state index in [1.54, 1.807) is 20.8 Å². The number of nitrogens with two attached hydrogens (primary N) is 1. The van der Waals surface area contributed by atoms with Gasteiger partial charge in [-0.05, 0) is 45.4 Å². The topological polar surface area (TPSA) is 72.6 Å². The van der Waals surface area contributed by atoms with Gasteiger partial charge in [-0.15, -0.1) is 0 Å². The molecule has 2 saturated heterocycles. The highest BCUT2D eigenvalue weighted by atomic mass is 19.4. The predicted molar refractivity (Wildman–Crippen MR) is 85.4 cm³/mol. The van der Waals surface area contributed by atoms with Gasteiger partial charge in [0.15, 0.2) is 0 Å². The number of fused-ring (bicyclic) bond motifs is 4. The average Bonchev–Trinajstić information content (AvgIpc) is 2.60. The molecule has 3 fully saturated rings. The number of alkyl halides is 3. The standard InChI is InChI=1S/C17H27F3N2O3/c1-9-5-10-6-11(21)13(14(9)25-15(24)16(2,3)4)22(8-10)12(23)7-17(18,19)20/h9-11,13-14H,5-8,21H2,1-4H3/t9-,10?,11+,13?,14-/m0/s1. The van der Waals surface area contributed by atoms with Gasteiger partial charge in [-0.25, -0.2) is 0 Å². The molecule has 2 N–H and O–H groups in total. The molecule has 3 rings (SSSR count). The largest absolute Gasteiger partial charge is 0.459 e. The smallest absolute Gasteiger partial charge is 0.397 e.